The number of anilines is 1. The van der Waals surface area contributed by atoms with Crippen molar-refractivity contribution in [2.45, 2.75) is 57.8 Å². The smallest absolute Gasteiger partial charge is 0.210 e. The molecule has 0 spiro atoms. The lowest BCUT2D eigenvalue weighted by Crippen LogP contribution is -2.26. The van der Waals surface area contributed by atoms with Crippen LogP contribution in [-0.2, 0) is 10.8 Å². The van der Waals surface area contributed by atoms with Gasteiger partial charge in [0.1, 0.15) is 7.05 Å². The lowest BCUT2D eigenvalue weighted by atomic mass is 9.79. The van der Waals surface area contributed by atoms with Crippen LogP contribution in [0.4, 0.5) is 11.4 Å². The molecule has 0 bridgehead atoms. The van der Waals surface area contributed by atoms with E-state index < -0.39 is 0 Å². The maximum Gasteiger partial charge on any atom is 0.210 e. The monoisotopic (exact) mass is 549 g/mol. The molecule has 0 unspecified atom stereocenters. The zero-order valence-corrected chi connectivity index (χ0v) is 25.8. The second-order valence-electron chi connectivity index (χ2n) is 13.3. The first-order chi connectivity index (χ1) is 20.2. The van der Waals surface area contributed by atoms with Crippen molar-refractivity contribution in [2.24, 2.45) is 0 Å². The van der Waals surface area contributed by atoms with Gasteiger partial charge >= 0.3 is 0 Å². The minimum Gasteiger partial charge on any atom is -0.347 e. The van der Waals surface area contributed by atoms with Crippen LogP contribution in [0.3, 0.4) is 0 Å². The van der Waals surface area contributed by atoms with Gasteiger partial charge in [-0.1, -0.05) is 86.7 Å². The number of nitrogens with zero attached hydrogens (tertiary/aromatic N) is 2. The highest BCUT2D eigenvalue weighted by Gasteiger charge is 2.44. The molecule has 0 amide bonds. The number of likely N-dealkylation sites (N-methyl/N-ethyl adjacent to an activating group) is 1. The van der Waals surface area contributed by atoms with E-state index in [4.69, 9.17) is 0 Å². The average molecular weight is 550 g/mol. The maximum atomic E-state index is 2.42. The second-order valence-corrected chi connectivity index (χ2v) is 13.3. The molecule has 0 N–H and O–H groups in total. The van der Waals surface area contributed by atoms with Crippen LogP contribution in [0.15, 0.2) is 120 Å². The Hall–Kier alpha value is -4.17. The van der Waals surface area contributed by atoms with Gasteiger partial charge < -0.3 is 4.90 Å². The minimum atomic E-state index is -0.0580. The zero-order valence-electron chi connectivity index (χ0n) is 25.8. The van der Waals surface area contributed by atoms with Crippen LogP contribution < -0.4 is 4.90 Å². The molecule has 0 atom stereocenters. The summed E-state index contributed by atoms with van der Waals surface area (Å²) in [6, 6.07) is 26.7. The first-order valence-corrected chi connectivity index (χ1v) is 15.4. The molecular formula is C40H41N2+. The van der Waals surface area contributed by atoms with Crippen LogP contribution in [-0.4, -0.2) is 24.4 Å². The molecule has 7 rings (SSSR count). The number of fused-ring (bicyclic) bond motifs is 6. The summed E-state index contributed by atoms with van der Waals surface area (Å²) in [6.07, 6.45) is 15.3. The van der Waals surface area contributed by atoms with Crippen LogP contribution in [0, 0.1) is 0 Å². The van der Waals surface area contributed by atoms with Gasteiger partial charge in [0.15, 0.2) is 5.71 Å². The Kier molecular flexibility index (Phi) is 6.17. The van der Waals surface area contributed by atoms with E-state index in [1.54, 1.807) is 0 Å². The van der Waals surface area contributed by atoms with Gasteiger partial charge in [-0.2, -0.15) is 4.58 Å². The molecule has 4 aromatic carbocycles. The van der Waals surface area contributed by atoms with E-state index in [2.05, 4.69) is 154 Å². The van der Waals surface area contributed by atoms with E-state index in [1.165, 1.54) is 73.0 Å². The second kappa shape index (κ2) is 9.70. The van der Waals surface area contributed by atoms with Gasteiger partial charge in [0.05, 0.1) is 5.41 Å². The molecule has 2 nitrogen and oxygen atoms in total. The topological polar surface area (TPSA) is 6.25 Å². The van der Waals surface area contributed by atoms with Gasteiger partial charge in [0.2, 0.25) is 5.69 Å². The third kappa shape index (κ3) is 4.03. The molecule has 210 valence electrons. The Morgan fingerprint density at radius 3 is 2.12 bits per heavy atom. The molecule has 42 heavy (non-hydrogen) atoms. The summed E-state index contributed by atoms with van der Waals surface area (Å²) in [5.74, 6) is 0. The zero-order chi connectivity index (χ0) is 29.2. The lowest BCUT2D eigenvalue weighted by Gasteiger charge is -2.24. The SMILES string of the molecule is CN1/C(=C/C=C2C=C(/C=C/C3=[N+](C)c4ccc5ccccc5c4C3(C)C)CCC/2)C(C)(C)c2c1ccc1ccccc21. The summed E-state index contributed by atoms with van der Waals surface area (Å²) in [7, 11) is 4.44. The van der Waals surface area contributed by atoms with E-state index in [-0.39, 0.29) is 10.8 Å². The Morgan fingerprint density at radius 2 is 1.38 bits per heavy atom. The normalized spacial score (nSPS) is 21.2. The number of benzene rings is 4. The molecule has 3 aliphatic rings. The summed E-state index contributed by atoms with van der Waals surface area (Å²) >= 11 is 0. The number of rotatable bonds is 3. The predicted octanol–water partition coefficient (Wildman–Crippen LogP) is 9.90. The fourth-order valence-electron chi connectivity index (χ4n) is 7.90. The first kappa shape index (κ1) is 26.7. The van der Waals surface area contributed by atoms with E-state index >= 15 is 0 Å². The van der Waals surface area contributed by atoms with Crippen molar-refractivity contribution < 1.29 is 4.58 Å². The summed E-state index contributed by atoms with van der Waals surface area (Å²) in [6.45, 7) is 9.48. The van der Waals surface area contributed by atoms with Crippen LogP contribution >= 0.6 is 0 Å². The van der Waals surface area contributed by atoms with Crippen molar-refractivity contribution in [1.29, 1.82) is 0 Å². The Balaban J connectivity index is 1.19. The molecule has 2 heteroatoms. The fraction of sp³-hybridized carbons (Fsp3) is 0.275. The summed E-state index contributed by atoms with van der Waals surface area (Å²) in [4.78, 5) is 2.39. The van der Waals surface area contributed by atoms with Crippen molar-refractivity contribution in [3.8, 4) is 0 Å². The Labute approximate surface area is 250 Å². The molecule has 0 aromatic heterocycles. The van der Waals surface area contributed by atoms with Crippen molar-refractivity contribution in [2.75, 3.05) is 19.0 Å². The number of hydrogen-bond donors (Lipinski definition) is 0. The van der Waals surface area contributed by atoms with Crippen molar-refractivity contribution >= 4 is 38.6 Å². The van der Waals surface area contributed by atoms with Crippen molar-refractivity contribution in [1.82, 2.24) is 0 Å². The fourth-order valence-corrected chi connectivity index (χ4v) is 7.90. The van der Waals surface area contributed by atoms with Crippen LogP contribution in [0.1, 0.15) is 58.1 Å². The molecule has 0 saturated carbocycles. The molecule has 0 fully saturated rings. The highest BCUT2D eigenvalue weighted by molar-refractivity contribution is 6.07. The Morgan fingerprint density at radius 1 is 0.714 bits per heavy atom. The van der Waals surface area contributed by atoms with E-state index in [9.17, 15) is 0 Å². The molecule has 1 aliphatic carbocycles. The molecule has 0 saturated heterocycles. The van der Waals surface area contributed by atoms with Crippen molar-refractivity contribution in [3.05, 3.63) is 131 Å². The van der Waals surface area contributed by atoms with Gasteiger partial charge in [-0.25, -0.2) is 0 Å². The lowest BCUT2D eigenvalue weighted by molar-refractivity contribution is -0.401. The summed E-state index contributed by atoms with van der Waals surface area (Å²) < 4.78 is 2.39. The number of hydrogen-bond acceptors (Lipinski definition) is 1. The molecule has 4 aromatic rings. The van der Waals surface area contributed by atoms with E-state index in [1.807, 2.05) is 0 Å². The maximum absolute atomic E-state index is 2.42. The molecular weight excluding hydrogens is 508 g/mol. The largest absolute Gasteiger partial charge is 0.347 e. The highest BCUT2D eigenvalue weighted by Crippen LogP contribution is 2.50. The van der Waals surface area contributed by atoms with Crippen molar-refractivity contribution in [3.63, 3.8) is 0 Å². The van der Waals surface area contributed by atoms with Gasteiger partial charge in [-0.05, 0) is 89.6 Å². The number of allylic oxidation sites excluding steroid dienone is 8. The molecule has 2 aliphatic heterocycles. The Bertz CT molecular complexity index is 1920. The van der Waals surface area contributed by atoms with Gasteiger partial charge in [0, 0.05) is 41.6 Å². The summed E-state index contributed by atoms with van der Waals surface area (Å²) in [5.41, 5.74) is 10.9. The third-order valence-corrected chi connectivity index (χ3v) is 10.0. The molecule has 0 radical (unpaired) electrons. The van der Waals surface area contributed by atoms with Gasteiger partial charge in [0.25, 0.3) is 0 Å². The average Bonchev–Trinajstić information content (AvgIpc) is 3.32. The first-order valence-electron chi connectivity index (χ1n) is 15.4. The predicted molar refractivity (Wildman–Crippen MR) is 180 cm³/mol. The van der Waals surface area contributed by atoms with Crippen LogP contribution in [0.5, 0.6) is 0 Å². The van der Waals surface area contributed by atoms with Gasteiger partial charge in [-0.3, -0.25) is 0 Å². The third-order valence-electron chi connectivity index (χ3n) is 10.0. The highest BCUT2D eigenvalue weighted by atomic mass is 15.2. The van der Waals surface area contributed by atoms with E-state index in [0.29, 0.717) is 0 Å². The quantitative estimate of drug-likeness (QED) is 0.231. The van der Waals surface area contributed by atoms with Crippen LogP contribution in [0.25, 0.3) is 21.5 Å². The minimum absolute atomic E-state index is 0.0580. The molecule has 2 heterocycles. The van der Waals surface area contributed by atoms with E-state index in [0.717, 1.165) is 12.8 Å². The van der Waals surface area contributed by atoms with Crippen LogP contribution in [0.2, 0.25) is 0 Å². The standard InChI is InChI=1S/C40H41N2/c1-39(2)35(41(5)33-22-20-29-14-7-9-16-31(29)37(33)39)24-18-27-12-11-13-28(26-27)19-25-36-40(3,4)38-32-17-10-8-15-30(32)21-23-34(38)42(36)6/h7-10,14-26H,11-13H2,1-6H3/q+1. The van der Waals surface area contributed by atoms with Gasteiger partial charge in [-0.15, -0.1) is 0 Å². The summed E-state index contributed by atoms with van der Waals surface area (Å²) in [5, 5.41) is 5.35.